The maximum Gasteiger partial charge on any atom is 0.282 e. The zero-order chi connectivity index (χ0) is 15.6. The first-order valence-corrected chi connectivity index (χ1v) is 9.68. The average molecular weight is 317 g/mol. The number of hydrogen-bond donors (Lipinski definition) is 1. The van der Waals surface area contributed by atoms with Crippen LogP contribution in [0.1, 0.15) is 46.5 Å². The van der Waals surface area contributed by atoms with Crippen molar-refractivity contribution >= 4 is 10.2 Å². The minimum absolute atomic E-state index is 0.102. The maximum atomic E-state index is 12.8. The molecule has 3 atom stereocenters. The third kappa shape index (κ3) is 4.41. The summed E-state index contributed by atoms with van der Waals surface area (Å²) < 4.78 is 29.0. The highest BCUT2D eigenvalue weighted by Gasteiger charge is 2.39. The summed E-state index contributed by atoms with van der Waals surface area (Å²) in [4.78, 5) is 0. The van der Waals surface area contributed by atoms with Gasteiger partial charge in [0.05, 0.1) is 0 Å². The second-order valence-corrected chi connectivity index (χ2v) is 9.07. The first kappa shape index (κ1) is 17.2. The fraction of sp³-hybridized carbons (Fsp3) is 1.00. The van der Waals surface area contributed by atoms with E-state index in [1.54, 1.807) is 15.7 Å². The second-order valence-electron chi connectivity index (χ2n) is 7.08. The number of rotatable bonds is 7. The van der Waals surface area contributed by atoms with Gasteiger partial charge in [0.25, 0.3) is 10.2 Å². The van der Waals surface area contributed by atoms with Gasteiger partial charge in [0.15, 0.2) is 0 Å². The lowest BCUT2D eigenvalue weighted by atomic mass is 10.0. The minimum Gasteiger partial charge on any atom is -0.313 e. The summed E-state index contributed by atoms with van der Waals surface area (Å²) in [7, 11) is -1.57. The van der Waals surface area contributed by atoms with Crippen LogP contribution in [0.2, 0.25) is 0 Å². The second kappa shape index (κ2) is 6.94. The van der Waals surface area contributed by atoms with E-state index in [1.807, 2.05) is 0 Å². The molecule has 5 nitrogen and oxygen atoms in total. The average Bonchev–Trinajstić information content (AvgIpc) is 3.12. The van der Waals surface area contributed by atoms with E-state index in [-0.39, 0.29) is 6.04 Å². The monoisotopic (exact) mass is 317 g/mol. The molecular formula is C15H31N3O2S. The Morgan fingerprint density at radius 3 is 2.57 bits per heavy atom. The van der Waals surface area contributed by atoms with Crippen LogP contribution in [0.5, 0.6) is 0 Å². The quantitative estimate of drug-likeness (QED) is 0.777. The molecule has 0 bridgehead atoms. The van der Waals surface area contributed by atoms with E-state index < -0.39 is 10.2 Å². The van der Waals surface area contributed by atoms with Gasteiger partial charge < -0.3 is 5.32 Å². The van der Waals surface area contributed by atoms with Crippen molar-refractivity contribution in [2.24, 2.45) is 11.8 Å². The smallest absolute Gasteiger partial charge is 0.282 e. The highest BCUT2D eigenvalue weighted by atomic mass is 32.2. The Bertz CT molecular complexity index is 438. The molecule has 1 aliphatic heterocycles. The van der Waals surface area contributed by atoms with E-state index in [2.05, 4.69) is 26.1 Å². The molecule has 1 N–H and O–H groups in total. The molecule has 0 amide bonds. The lowest BCUT2D eigenvalue weighted by Gasteiger charge is -2.37. The van der Waals surface area contributed by atoms with Crippen molar-refractivity contribution in [2.75, 3.05) is 26.7 Å². The first-order chi connectivity index (χ1) is 9.82. The van der Waals surface area contributed by atoms with E-state index in [9.17, 15) is 8.42 Å². The van der Waals surface area contributed by atoms with Gasteiger partial charge >= 0.3 is 0 Å². The van der Waals surface area contributed by atoms with E-state index in [0.29, 0.717) is 31.0 Å². The molecule has 0 spiro atoms. The van der Waals surface area contributed by atoms with E-state index in [1.165, 1.54) is 0 Å². The first-order valence-electron chi connectivity index (χ1n) is 8.29. The van der Waals surface area contributed by atoms with Crippen LogP contribution < -0.4 is 5.32 Å². The van der Waals surface area contributed by atoms with Crippen molar-refractivity contribution in [1.29, 1.82) is 0 Å². The predicted octanol–water partition coefficient (Wildman–Crippen LogP) is 1.67. The molecule has 0 aromatic heterocycles. The molecule has 3 unspecified atom stereocenters. The largest absolute Gasteiger partial charge is 0.313 e. The summed E-state index contributed by atoms with van der Waals surface area (Å²) in [6, 6.07) is 0.492. The van der Waals surface area contributed by atoms with Crippen molar-refractivity contribution in [3.05, 3.63) is 0 Å². The lowest BCUT2D eigenvalue weighted by molar-refractivity contribution is 0.226. The van der Waals surface area contributed by atoms with Gasteiger partial charge in [-0.25, -0.2) is 0 Å². The zero-order valence-corrected chi connectivity index (χ0v) is 14.7. The Morgan fingerprint density at radius 1 is 1.33 bits per heavy atom. The van der Waals surface area contributed by atoms with Crippen LogP contribution in [-0.4, -0.2) is 55.8 Å². The van der Waals surface area contributed by atoms with E-state index >= 15 is 0 Å². The summed E-state index contributed by atoms with van der Waals surface area (Å²) in [6.45, 7) is 8.48. The molecule has 2 fully saturated rings. The summed E-state index contributed by atoms with van der Waals surface area (Å²) >= 11 is 0. The van der Waals surface area contributed by atoms with Gasteiger partial charge in [-0.1, -0.05) is 27.2 Å². The van der Waals surface area contributed by atoms with Crippen molar-refractivity contribution in [1.82, 2.24) is 13.9 Å². The molecule has 1 heterocycles. The van der Waals surface area contributed by atoms with E-state index in [0.717, 1.165) is 32.2 Å². The van der Waals surface area contributed by atoms with Gasteiger partial charge in [-0.2, -0.15) is 17.0 Å². The molecule has 1 saturated carbocycles. The Balaban J connectivity index is 2.00. The number of nitrogens with zero attached hydrogens (tertiary/aromatic N) is 2. The molecule has 1 saturated heterocycles. The SMILES string of the molecule is CC(C)NCC1CCCCN1S(=O)(=O)N(C)CC1CC1C. The molecule has 0 radical (unpaired) electrons. The Labute approximate surface area is 130 Å². The predicted molar refractivity (Wildman–Crippen MR) is 86.3 cm³/mol. The van der Waals surface area contributed by atoms with Gasteiger partial charge in [0.1, 0.15) is 0 Å². The molecule has 6 heteroatoms. The van der Waals surface area contributed by atoms with Crippen LogP contribution in [0.4, 0.5) is 0 Å². The molecule has 2 rings (SSSR count). The lowest BCUT2D eigenvalue weighted by Crippen LogP contribution is -2.53. The van der Waals surface area contributed by atoms with Crippen molar-refractivity contribution in [3.63, 3.8) is 0 Å². The van der Waals surface area contributed by atoms with Crippen LogP contribution in [-0.2, 0) is 10.2 Å². The summed E-state index contributed by atoms with van der Waals surface area (Å²) in [6.07, 6.45) is 4.23. The summed E-state index contributed by atoms with van der Waals surface area (Å²) in [5, 5.41) is 3.39. The van der Waals surface area contributed by atoms with Crippen LogP contribution in [0.25, 0.3) is 0 Å². The molecule has 2 aliphatic rings. The Hall–Kier alpha value is -0.170. The maximum absolute atomic E-state index is 12.8. The third-order valence-corrected chi connectivity index (χ3v) is 6.80. The highest BCUT2D eigenvalue weighted by molar-refractivity contribution is 7.86. The van der Waals surface area contributed by atoms with Gasteiger partial charge in [0, 0.05) is 38.8 Å². The fourth-order valence-corrected chi connectivity index (χ4v) is 4.76. The molecule has 1 aliphatic carbocycles. The Morgan fingerprint density at radius 2 is 2.00 bits per heavy atom. The molecule has 21 heavy (non-hydrogen) atoms. The molecular weight excluding hydrogens is 286 g/mol. The molecule has 0 aromatic carbocycles. The van der Waals surface area contributed by atoms with Crippen LogP contribution >= 0.6 is 0 Å². The number of piperidine rings is 1. The van der Waals surface area contributed by atoms with Gasteiger partial charge in [-0.3, -0.25) is 0 Å². The summed E-state index contributed by atoms with van der Waals surface area (Å²) in [5.41, 5.74) is 0. The van der Waals surface area contributed by atoms with E-state index in [4.69, 9.17) is 0 Å². The highest BCUT2D eigenvalue weighted by Crippen LogP contribution is 2.38. The van der Waals surface area contributed by atoms with Gasteiger partial charge in [-0.15, -0.1) is 0 Å². The number of nitrogens with one attached hydrogen (secondary N) is 1. The van der Waals surface area contributed by atoms with Crippen LogP contribution in [0.3, 0.4) is 0 Å². The normalized spacial score (nSPS) is 31.0. The standard InChI is InChI=1S/C15H31N3O2S/c1-12(2)16-10-15-7-5-6-8-18(15)21(19,20)17(4)11-14-9-13(14)3/h12-16H,5-11H2,1-4H3. The topological polar surface area (TPSA) is 52.7 Å². The molecule has 124 valence electrons. The zero-order valence-electron chi connectivity index (χ0n) is 13.9. The van der Waals surface area contributed by atoms with Gasteiger partial charge in [-0.05, 0) is 31.1 Å². The van der Waals surface area contributed by atoms with Crippen LogP contribution in [0, 0.1) is 11.8 Å². The van der Waals surface area contributed by atoms with Crippen molar-refractivity contribution in [2.45, 2.75) is 58.5 Å². The summed E-state index contributed by atoms with van der Waals surface area (Å²) in [5.74, 6) is 1.24. The van der Waals surface area contributed by atoms with Crippen molar-refractivity contribution < 1.29 is 8.42 Å². The minimum atomic E-state index is -3.31. The van der Waals surface area contributed by atoms with Crippen LogP contribution in [0.15, 0.2) is 0 Å². The Kier molecular flexibility index (Phi) is 5.68. The molecule has 0 aromatic rings. The fourth-order valence-electron chi connectivity index (χ4n) is 3.11. The van der Waals surface area contributed by atoms with Gasteiger partial charge in [0.2, 0.25) is 0 Å². The van der Waals surface area contributed by atoms with Crippen molar-refractivity contribution in [3.8, 4) is 0 Å². The number of hydrogen-bond acceptors (Lipinski definition) is 3. The third-order valence-electron chi connectivity index (χ3n) is 4.79.